The molecule has 1 heterocycles. The summed E-state index contributed by atoms with van der Waals surface area (Å²) in [5.41, 5.74) is 0.701. The van der Waals surface area contributed by atoms with E-state index in [1.807, 2.05) is 0 Å². The molecule has 0 bridgehead atoms. The molecular weight excluding hydrogens is 294 g/mol. The zero-order valence-corrected chi connectivity index (χ0v) is 12.1. The highest BCUT2D eigenvalue weighted by atomic mass is 35.5. The fourth-order valence-electron chi connectivity index (χ4n) is 1.77. The fraction of sp³-hybridized carbons (Fsp3) is 0.200. The van der Waals surface area contributed by atoms with Crippen LogP contribution in [0.25, 0.3) is 0 Å². The maximum atomic E-state index is 11.9. The Balaban J connectivity index is 2.01. The van der Waals surface area contributed by atoms with E-state index in [1.54, 1.807) is 18.4 Å². The van der Waals surface area contributed by atoms with Crippen molar-refractivity contribution in [3.63, 3.8) is 0 Å². The van der Waals surface area contributed by atoms with Crippen LogP contribution < -0.4 is 5.32 Å². The second-order valence-electron chi connectivity index (χ2n) is 4.31. The van der Waals surface area contributed by atoms with Crippen LogP contribution in [-0.4, -0.2) is 19.0 Å². The van der Waals surface area contributed by atoms with E-state index in [1.165, 1.54) is 25.3 Å². The largest absolute Gasteiger partial charge is 0.469 e. The van der Waals surface area contributed by atoms with E-state index < -0.39 is 5.97 Å². The average molecular weight is 308 g/mol. The van der Waals surface area contributed by atoms with Gasteiger partial charge in [-0.3, -0.25) is 4.79 Å². The molecule has 1 amide bonds. The van der Waals surface area contributed by atoms with Gasteiger partial charge in [0, 0.05) is 12.8 Å². The molecule has 0 aliphatic heterocycles. The minimum Gasteiger partial charge on any atom is -0.469 e. The van der Waals surface area contributed by atoms with Crippen LogP contribution in [-0.2, 0) is 16.0 Å². The molecule has 110 valence electrons. The van der Waals surface area contributed by atoms with Gasteiger partial charge in [0.25, 0.3) is 0 Å². The number of benzene rings is 1. The minimum absolute atomic E-state index is 0.213. The van der Waals surface area contributed by atoms with Crippen molar-refractivity contribution in [3.05, 3.63) is 52.9 Å². The lowest BCUT2D eigenvalue weighted by molar-refractivity contribution is -0.116. The third-order valence-electron chi connectivity index (χ3n) is 2.84. The molecule has 21 heavy (non-hydrogen) atoms. The highest BCUT2D eigenvalue weighted by Crippen LogP contribution is 2.23. The summed E-state index contributed by atoms with van der Waals surface area (Å²) < 4.78 is 9.78. The predicted molar refractivity (Wildman–Crippen MR) is 78.5 cm³/mol. The first-order valence-electron chi connectivity index (χ1n) is 6.30. The van der Waals surface area contributed by atoms with Crippen molar-refractivity contribution in [1.29, 1.82) is 0 Å². The number of rotatable bonds is 5. The molecule has 1 N–H and O–H groups in total. The standard InChI is InChI=1S/C15H14ClNO4/c1-20-15(19)10-4-6-12(16)13(9-10)17-14(18)7-5-11-3-2-8-21-11/h2-4,6,8-9H,5,7H2,1H3,(H,17,18). The molecule has 0 fully saturated rings. The van der Waals surface area contributed by atoms with E-state index in [0.29, 0.717) is 22.7 Å². The van der Waals surface area contributed by atoms with E-state index >= 15 is 0 Å². The third kappa shape index (κ3) is 4.10. The number of hydrogen-bond acceptors (Lipinski definition) is 4. The molecule has 1 aromatic carbocycles. The Morgan fingerprint density at radius 1 is 1.33 bits per heavy atom. The molecule has 0 spiro atoms. The number of ether oxygens (including phenoxy) is 1. The van der Waals surface area contributed by atoms with Gasteiger partial charge in [-0.25, -0.2) is 4.79 Å². The number of carbonyl (C=O) groups excluding carboxylic acids is 2. The molecule has 0 aliphatic carbocycles. The SMILES string of the molecule is COC(=O)c1ccc(Cl)c(NC(=O)CCc2ccco2)c1. The number of hydrogen-bond donors (Lipinski definition) is 1. The van der Waals surface area contributed by atoms with Gasteiger partial charge in [-0.05, 0) is 30.3 Å². The van der Waals surface area contributed by atoms with Gasteiger partial charge >= 0.3 is 5.97 Å². The van der Waals surface area contributed by atoms with Crippen molar-refractivity contribution in [3.8, 4) is 0 Å². The number of furan rings is 1. The number of carbonyl (C=O) groups is 2. The summed E-state index contributed by atoms with van der Waals surface area (Å²) in [5.74, 6) is 0.0348. The smallest absolute Gasteiger partial charge is 0.337 e. The third-order valence-corrected chi connectivity index (χ3v) is 3.17. The minimum atomic E-state index is -0.488. The second kappa shape index (κ2) is 6.95. The quantitative estimate of drug-likeness (QED) is 0.861. The van der Waals surface area contributed by atoms with Gasteiger partial charge in [0.1, 0.15) is 5.76 Å². The molecule has 0 atom stereocenters. The van der Waals surface area contributed by atoms with Crippen molar-refractivity contribution in [2.75, 3.05) is 12.4 Å². The van der Waals surface area contributed by atoms with Gasteiger partial charge in [0.05, 0.1) is 29.6 Å². The van der Waals surface area contributed by atoms with Crippen LogP contribution in [0.15, 0.2) is 41.0 Å². The summed E-state index contributed by atoms with van der Waals surface area (Å²) in [7, 11) is 1.29. The molecule has 0 saturated carbocycles. The van der Waals surface area contributed by atoms with E-state index in [9.17, 15) is 9.59 Å². The molecule has 2 rings (SSSR count). The van der Waals surface area contributed by atoms with Gasteiger partial charge in [-0.15, -0.1) is 0 Å². The Hall–Kier alpha value is -2.27. The average Bonchev–Trinajstić information content (AvgIpc) is 3.00. The van der Waals surface area contributed by atoms with E-state index in [-0.39, 0.29) is 12.3 Å². The number of nitrogens with one attached hydrogen (secondary N) is 1. The number of esters is 1. The molecule has 0 radical (unpaired) electrons. The van der Waals surface area contributed by atoms with Crippen LogP contribution in [0.1, 0.15) is 22.5 Å². The lowest BCUT2D eigenvalue weighted by Crippen LogP contribution is -2.13. The molecular formula is C15H14ClNO4. The van der Waals surface area contributed by atoms with Gasteiger partial charge in [0.15, 0.2) is 0 Å². The Morgan fingerprint density at radius 3 is 2.81 bits per heavy atom. The Kier molecular flexibility index (Phi) is 5.00. The first-order chi connectivity index (χ1) is 10.1. The predicted octanol–water partition coefficient (Wildman–Crippen LogP) is 3.29. The van der Waals surface area contributed by atoms with Crippen molar-refractivity contribution in [1.82, 2.24) is 0 Å². The zero-order chi connectivity index (χ0) is 15.2. The number of amides is 1. The molecule has 5 nitrogen and oxygen atoms in total. The van der Waals surface area contributed by atoms with Crippen molar-refractivity contribution in [2.24, 2.45) is 0 Å². The topological polar surface area (TPSA) is 68.5 Å². The zero-order valence-electron chi connectivity index (χ0n) is 11.4. The lowest BCUT2D eigenvalue weighted by atomic mass is 10.2. The molecule has 0 aliphatic rings. The first-order valence-corrected chi connectivity index (χ1v) is 6.68. The van der Waals surface area contributed by atoms with Crippen LogP contribution in [0.5, 0.6) is 0 Å². The molecule has 6 heteroatoms. The van der Waals surface area contributed by atoms with E-state index in [0.717, 1.165) is 5.76 Å². The summed E-state index contributed by atoms with van der Waals surface area (Å²) in [6.07, 6.45) is 2.31. The maximum absolute atomic E-state index is 11.9. The van der Waals surface area contributed by atoms with Crippen LogP contribution in [0.4, 0.5) is 5.69 Å². The number of aryl methyl sites for hydroxylation is 1. The van der Waals surface area contributed by atoms with Gasteiger partial charge in [-0.2, -0.15) is 0 Å². The van der Waals surface area contributed by atoms with Crippen molar-refractivity contribution < 1.29 is 18.7 Å². The number of anilines is 1. The van der Waals surface area contributed by atoms with Crippen molar-refractivity contribution in [2.45, 2.75) is 12.8 Å². The van der Waals surface area contributed by atoms with E-state index in [2.05, 4.69) is 10.1 Å². The van der Waals surface area contributed by atoms with E-state index in [4.69, 9.17) is 16.0 Å². The number of methoxy groups -OCH3 is 1. The molecule has 0 saturated heterocycles. The summed E-state index contributed by atoms with van der Waals surface area (Å²) >= 11 is 6.00. The second-order valence-corrected chi connectivity index (χ2v) is 4.72. The van der Waals surface area contributed by atoms with Crippen molar-refractivity contribution >= 4 is 29.2 Å². The summed E-state index contributed by atoms with van der Waals surface area (Å²) in [6.45, 7) is 0. The first kappa shape index (κ1) is 15.1. The highest BCUT2D eigenvalue weighted by Gasteiger charge is 2.11. The van der Waals surface area contributed by atoms with Crippen LogP contribution >= 0.6 is 11.6 Å². The summed E-state index contributed by atoms with van der Waals surface area (Å²) in [6, 6.07) is 8.13. The summed E-state index contributed by atoms with van der Waals surface area (Å²) in [5, 5.41) is 3.03. The Morgan fingerprint density at radius 2 is 2.14 bits per heavy atom. The highest BCUT2D eigenvalue weighted by molar-refractivity contribution is 6.33. The lowest BCUT2D eigenvalue weighted by Gasteiger charge is -2.08. The fourth-order valence-corrected chi connectivity index (χ4v) is 1.93. The van der Waals surface area contributed by atoms with Gasteiger partial charge in [-0.1, -0.05) is 11.6 Å². The Labute approximate surface area is 126 Å². The van der Waals surface area contributed by atoms with Crippen LogP contribution in [0, 0.1) is 0 Å². The van der Waals surface area contributed by atoms with Crippen LogP contribution in [0.3, 0.4) is 0 Å². The maximum Gasteiger partial charge on any atom is 0.337 e. The van der Waals surface area contributed by atoms with Gasteiger partial charge < -0.3 is 14.5 Å². The Bertz CT molecular complexity index is 637. The number of halogens is 1. The molecule has 2 aromatic rings. The molecule has 0 unspecified atom stereocenters. The van der Waals surface area contributed by atoms with Gasteiger partial charge in [0.2, 0.25) is 5.91 Å². The van der Waals surface area contributed by atoms with Crippen LogP contribution in [0.2, 0.25) is 5.02 Å². The summed E-state index contributed by atoms with van der Waals surface area (Å²) in [4.78, 5) is 23.3. The monoisotopic (exact) mass is 307 g/mol. The molecule has 1 aromatic heterocycles. The normalized spacial score (nSPS) is 10.2.